The summed E-state index contributed by atoms with van der Waals surface area (Å²) < 4.78 is 5.05. The van der Waals surface area contributed by atoms with E-state index in [1.165, 1.54) is 0 Å². The van der Waals surface area contributed by atoms with Crippen molar-refractivity contribution in [2.45, 2.75) is 0 Å². The molecule has 0 N–H and O–H groups in total. The highest BCUT2D eigenvalue weighted by Crippen LogP contribution is 2.13. The van der Waals surface area contributed by atoms with Crippen molar-refractivity contribution in [3.05, 3.63) is 102 Å². The Morgan fingerprint density at radius 3 is 1.93 bits per heavy atom. The quantitative estimate of drug-likeness (QED) is 0.482. The molecule has 0 saturated heterocycles. The van der Waals surface area contributed by atoms with E-state index in [1.54, 1.807) is 30.5 Å². The van der Waals surface area contributed by atoms with E-state index in [0.29, 0.717) is 5.75 Å². The van der Waals surface area contributed by atoms with Crippen LogP contribution in [0.25, 0.3) is 0 Å². The normalized spacial score (nSPS) is 10.5. The van der Waals surface area contributed by atoms with Crippen molar-refractivity contribution < 1.29 is 14.6 Å². The number of ether oxygens (including phenoxy) is 1. The van der Waals surface area contributed by atoms with Gasteiger partial charge in [0.2, 0.25) is 0 Å². The Morgan fingerprint density at radius 2 is 1.41 bits per heavy atom. The van der Waals surface area contributed by atoms with Crippen LogP contribution < -0.4 is 9.84 Å². The molecule has 0 aliphatic heterocycles. The van der Waals surface area contributed by atoms with E-state index in [4.69, 9.17) is 4.74 Å². The number of carboxylic acids is 1. The van der Waals surface area contributed by atoms with Crippen LogP contribution in [0, 0.1) is 0 Å². The van der Waals surface area contributed by atoms with Gasteiger partial charge in [0, 0.05) is 11.1 Å². The van der Waals surface area contributed by atoms with Crippen LogP contribution in [-0.4, -0.2) is 24.5 Å². The minimum atomic E-state index is -1.26. The number of aliphatic carboxylic acids is 1. The second-order valence-electron chi connectivity index (χ2n) is 5.65. The average Bonchev–Trinajstić information content (AvgIpc) is 2.72. The van der Waals surface area contributed by atoms with Gasteiger partial charge in [0.1, 0.15) is 18.1 Å². The second-order valence-corrected chi connectivity index (χ2v) is 5.65. The Morgan fingerprint density at radius 1 is 0.852 bits per heavy atom. The first kappa shape index (κ1) is 18.1. The first-order valence-electron chi connectivity index (χ1n) is 8.37. The van der Waals surface area contributed by atoms with Gasteiger partial charge < -0.3 is 14.6 Å². The Labute approximate surface area is 157 Å². The van der Waals surface area contributed by atoms with Gasteiger partial charge in [-0.3, -0.25) is 0 Å². The molecule has 0 unspecified atom stereocenters. The molecule has 0 saturated carbocycles. The summed E-state index contributed by atoms with van der Waals surface area (Å²) in [6.07, 6.45) is 1.63. The molecule has 3 rings (SSSR count). The zero-order valence-electron chi connectivity index (χ0n) is 14.5. The lowest BCUT2D eigenvalue weighted by molar-refractivity contribution is -0.307. The van der Waals surface area contributed by atoms with Gasteiger partial charge in [-0.1, -0.05) is 60.7 Å². The molecule has 0 amide bonds. The monoisotopic (exact) mass is 357 g/mol. The molecule has 0 heterocycles. The van der Waals surface area contributed by atoms with Gasteiger partial charge in [-0.05, 0) is 29.8 Å². The maximum Gasteiger partial charge on any atom is 0.128 e. The van der Waals surface area contributed by atoms with Crippen LogP contribution in [0.5, 0.6) is 5.75 Å². The molecule has 5 nitrogen and oxygen atoms in total. The number of nitrogens with zero attached hydrogens (tertiary/aromatic N) is 2. The Hall–Kier alpha value is -3.73. The van der Waals surface area contributed by atoms with Crippen LogP contribution in [-0.2, 0) is 4.79 Å². The number of rotatable bonds is 7. The summed E-state index contributed by atoms with van der Waals surface area (Å²) in [7, 11) is 0. The Balaban J connectivity index is 1.79. The third-order valence-electron chi connectivity index (χ3n) is 3.70. The van der Waals surface area contributed by atoms with Gasteiger partial charge in [-0.25, -0.2) is 0 Å². The number of carbonyl (C=O) groups is 1. The van der Waals surface area contributed by atoms with Crippen LogP contribution >= 0.6 is 0 Å². The van der Waals surface area contributed by atoms with E-state index in [1.807, 2.05) is 60.7 Å². The summed E-state index contributed by atoms with van der Waals surface area (Å²) in [5.41, 5.74) is 3.56. The second kappa shape index (κ2) is 9.10. The third-order valence-corrected chi connectivity index (χ3v) is 3.70. The fourth-order valence-corrected chi connectivity index (χ4v) is 2.42. The molecule has 0 bridgehead atoms. The first-order chi connectivity index (χ1) is 13.2. The number of benzene rings is 3. The summed E-state index contributed by atoms with van der Waals surface area (Å²) >= 11 is 0. The fourth-order valence-electron chi connectivity index (χ4n) is 2.42. The first-order valence-corrected chi connectivity index (χ1v) is 8.37. The van der Waals surface area contributed by atoms with Gasteiger partial charge in [-0.15, -0.1) is 5.10 Å². The van der Waals surface area contributed by atoms with E-state index < -0.39 is 12.6 Å². The van der Waals surface area contributed by atoms with E-state index in [2.05, 4.69) is 10.2 Å². The maximum atomic E-state index is 10.4. The minimum absolute atomic E-state index is 0.453. The molecule has 0 spiro atoms. The average molecular weight is 357 g/mol. The number of hydrogen-bond acceptors (Lipinski definition) is 5. The molecule has 0 aromatic heterocycles. The van der Waals surface area contributed by atoms with Gasteiger partial charge >= 0.3 is 0 Å². The van der Waals surface area contributed by atoms with Gasteiger partial charge in [-0.2, -0.15) is 5.10 Å². The SMILES string of the molecule is O=C([O-])COc1ccc(/C=N\N=C(c2ccccc2)c2ccccc2)cc1. The molecule has 27 heavy (non-hydrogen) atoms. The van der Waals surface area contributed by atoms with E-state index in [-0.39, 0.29) is 0 Å². The molecule has 3 aromatic rings. The highest BCUT2D eigenvalue weighted by atomic mass is 16.5. The molecule has 3 aromatic carbocycles. The molecular weight excluding hydrogens is 340 g/mol. The van der Waals surface area contributed by atoms with Crippen LogP contribution in [0.4, 0.5) is 0 Å². The molecule has 134 valence electrons. The molecule has 0 atom stereocenters. The highest BCUT2D eigenvalue weighted by molar-refractivity contribution is 6.12. The van der Waals surface area contributed by atoms with Crippen molar-refractivity contribution in [3.8, 4) is 5.75 Å². The maximum absolute atomic E-state index is 10.4. The van der Waals surface area contributed by atoms with Crippen LogP contribution in [0.15, 0.2) is 95.1 Å². The van der Waals surface area contributed by atoms with Crippen LogP contribution in [0.3, 0.4) is 0 Å². The van der Waals surface area contributed by atoms with Crippen molar-refractivity contribution in [1.82, 2.24) is 0 Å². The summed E-state index contributed by atoms with van der Waals surface area (Å²) in [6.45, 7) is -0.477. The lowest BCUT2D eigenvalue weighted by Crippen LogP contribution is -2.28. The van der Waals surface area contributed by atoms with Gasteiger partial charge in [0.15, 0.2) is 0 Å². The van der Waals surface area contributed by atoms with E-state index >= 15 is 0 Å². The minimum Gasteiger partial charge on any atom is -0.546 e. The largest absolute Gasteiger partial charge is 0.546 e. The van der Waals surface area contributed by atoms with Crippen LogP contribution in [0.1, 0.15) is 16.7 Å². The zero-order chi connectivity index (χ0) is 18.9. The molecule has 0 aliphatic carbocycles. The predicted octanol–water partition coefficient (Wildman–Crippen LogP) is 2.69. The van der Waals surface area contributed by atoms with E-state index in [9.17, 15) is 9.90 Å². The van der Waals surface area contributed by atoms with Crippen molar-refractivity contribution in [3.63, 3.8) is 0 Å². The fraction of sp³-hybridized carbons (Fsp3) is 0.0455. The third kappa shape index (κ3) is 5.37. The summed E-state index contributed by atoms with van der Waals surface area (Å²) in [4.78, 5) is 10.4. The van der Waals surface area contributed by atoms with Crippen LogP contribution in [0.2, 0.25) is 0 Å². The standard InChI is InChI=1S/C22H18N2O3/c25-21(26)16-27-20-13-11-17(12-14-20)15-23-24-22(18-7-3-1-4-8-18)19-9-5-2-6-10-19/h1-15H,16H2,(H,25,26)/p-1/b23-15-. The number of hydrogen-bond donors (Lipinski definition) is 0. The molecule has 0 aliphatic rings. The number of carbonyl (C=O) groups excluding carboxylic acids is 1. The van der Waals surface area contributed by atoms with Gasteiger partial charge in [0.05, 0.1) is 12.2 Å². The van der Waals surface area contributed by atoms with Crippen molar-refractivity contribution >= 4 is 17.9 Å². The topological polar surface area (TPSA) is 74.1 Å². The van der Waals surface area contributed by atoms with Crippen molar-refractivity contribution in [2.75, 3.05) is 6.61 Å². The predicted molar refractivity (Wildman–Crippen MR) is 103 cm³/mol. The zero-order valence-corrected chi connectivity index (χ0v) is 14.5. The van der Waals surface area contributed by atoms with Crippen molar-refractivity contribution in [1.29, 1.82) is 0 Å². The smallest absolute Gasteiger partial charge is 0.128 e. The summed E-state index contributed by atoms with van der Waals surface area (Å²) in [5.74, 6) is -0.807. The van der Waals surface area contributed by atoms with E-state index in [0.717, 1.165) is 22.4 Å². The Bertz CT molecular complexity index is 893. The molecule has 5 heteroatoms. The highest BCUT2D eigenvalue weighted by Gasteiger charge is 2.05. The summed E-state index contributed by atoms with van der Waals surface area (Å²) in [5, 5.41) is 19.0. The van der Waals surface area contributed by atoms with Crippen molar-refractivity contribution in [2.24, 2.45) is 10.2 Å². The lowest BCUT2D eigenvalue weighted by atomic mass is 10.0. The molecular formula is C22H17N2O3-. The Kier molecular flexibility index (Phi) is 6.09. The number of carboxylic acid groups (broad SMARTS) is 1. The lowest BCUT2D eigenvalue weighted by Gasteiger charge is -2.06. The van der Waals surface area contributed by atoms with Gasteiger partial charge in [0.25, 0.3) is 0 Å². The summed E-state index contributed by atoms with van der Waals surface area (Å²) in [6, 6.07) is 26.6. The molecule has 0 fully saturated rings. The molecule has 0 radical (unpaired) electrons.